The number of carbonyl (C=O) groups is 1. The van der Waals surface area contributed by atoms with Crippen molar-refractivity contribution < 1.29 is 9.21 Å². The van der Waals surface area contributed by atoms with E-state index in [1.54, 1.807) is 0 Å². The van der Waals surface area contributed by atoms with Crippen LogP contribution in [0, 0.1) is 5.92 Å². The molecule has 6 nitrogen and oxygen atoms in total. The number of hydrogen-bond acceptors (Lipinski definition) is 4. The summed E-state index contributed by atoms with van der Waals surface area (Å²) in [6.45, 7) is 2.73. The van der Waals surface area contributed by atoms with Gasteiger partial charge in [0.05, 0.1) is 5.52 Å². The van der Waals surface area contributed by atoms with E-state index >= 15 is 0 Å². The first-order chi connectivity index (χ1) is 13.9. The van der Waals surface area contributed by atoms with Crippen molar-refractivity contribution in [3.63, 3.8) is 0 Å². The van der Waals surface area contributed by atoms with Gasteiger partial charge < -0.3 is 14.6 Å². The van der Waals surface area contributed by atoms with Gasteiger partial charge in [0.2, 0.25) is 5.91 Å². The van der Waals surface area contributed by atoms with Crippen LogP contribution in [0.3, 0.4) is 0 Å². The van der Waals surface area contributed by atoms with Gasteiger partial charge >= 0.3 is 5.76 Å². The highest BCUT2D eigenvalue weighted by molar-refractivity contribution is 5.84. The summed E-state index contributed by atoms with van der Waals surface area (Å²) in [5, 5.41) is 3.15. The average Bonchev–Trinajstić information content (AvgIpc) is 3.26. The second-order valence-electron chi connectivity index (χ2n) is 8.45. The van der Waals surface area contributed by atoms with Gasteiger partial charge in [-0.25, -0.2) is 4.79 Å². The van der Waals surface area contributed by atoms with E-state index in [0.29, 0.717) is 17.6 Å². The number of fused-ring (bicyclic) bond motifs is 1. The van der Waals surface area contributed by atoms with Crippen LogP contribution in [0.25, 0.3) is 11.1 Å². The molecule has 4 rings (SSSR count). The highest BCUT2D eigenvalue weighted by Crippen LogP contribution is 2.53. The summed E-state index contributed by atoms with van der Waals surface area (Å²) >= 11 is 0. The van der Waals surface area contributed by atoms with Crippen LogP contribution < -0.4 is 11.1 Å². The molecule has 3 aromatic rings. The van der Waals surface area contributed by atoms with Crippen molar-refractivity contribution in [2.24, 2.45) is 5.92 Å². The largest absolute Gasteiger partial charge is 0.417 e. The summed E-state index contributed by atoms with van der Waals surface area (Å²) in [7, 11) is 4.02. The number of oxazole rings is 1. The maximum atomic E-state index is 12.8. The Morgan fingerprint density at radius 1 is 1.28 bits per heavy atom. The SMILES string of the molecule is CN(C)C(CNC(=O)[C@@H]1C[C@]1(C)c1ccccc1)Cc1ccc2[nH]c(=O)oc2c1. The molecule has 1 aromatic heterocycles. The zero-order valence-corrected chi connectivity index (χ0v) is 17.1. The number of likely N-dealkylation sites (N-methyl/N-ethyl adjacent to an activating group) is 1. The highest BCUT2D eigenvalue weighted by Gasteiger charge is 2.55. The number of aromatic nitrogens is 1. The first kappa shape index (κ1) is 19.5. The normalized spacial score (nSPS) is 22.0. The van der Waals surface area contributed by atoms with E-state index in [-0.39, 0.29) is 23.3 Å². The summed E-state index contributed by atoms with van der Waals surface area (Å²) in [4.78, 5) is 28.9. The monoisotopic (exact) mass is 393 g/mol. The molecule has 1 aliphatic carbocycles. The fourth-order valence-corrected chi connectivity index (χ4v) is 4.05. The Labute approximate surface area is 169 Å². The number of benzene rings is 2. The summed E-state index contributed by atoms with van der Waals surface area (Å²) in [6, 6.07) is 16.1. The summed E-state index contributed by atoms with van der Waals surface area (Å²) in [5.41, 5.74) is 3.49. The van der Waals surface area contributed by atoms with Crippen molar-refractivity contribution in [3.8, 4) is 0 Å². The van der Waals surface area contributed by atoms with E-state index in [0.717, 1.165) is 18.4 Å². The Morgan fingerprint density at radius 3 is 2.76 bits per heavy atom. The molecule has 2 N–H and O–H groups in total. The molecule has 1 unspecified atom stereocenters. The Morgan fingerprint density at radius 2 is 2.03 bits per heavy atom. The van der Waals surface area contributed by atoms with Crippen LogP contribution in [0.1, 0.15) is 24.5 Å². The fourth-order valence-electron chi connectivity index (χ4n) is 4.05. The van der Waals surface area contributed by atoms with E-state index < -0.39 is 5.76 Å². The lowest BCUT2D eigenvalue weighted by molar-refractivity contribution is -0.122. The summed E-state index contributed by atoms with van der Waals surface area (Å²) < 4.78 is 5.16. The van der Waals surface area contributed by atoms with E-state index in [1.807, 2.05) is 50.5 Å². The van der Waals surface area contributed by atoms with Gasteiger partial charge in [-0.2, -0.15) is 0 Å². The van der Waals surface area contributed by atoms with Gasteiger partial charge in [0.25, 0.3) is 0 Å². The Balaban J connectivity index is 1.38. The van der Waals surface area contributed by atoms with Crippen LogP contribution in [-0.4, -0.2) is 42.5 Å². The maximum absolute atomic E-state index is 12.8. The number of H-pyrrole nitrogens is 1. The Hall–Kier alpha value is -2.86. The molecule has 0 bridgehead atoms. The predicted octanol–water partition coefficient (Wildman–Crippen LogP) is 2.69. The van der Waals surface area contributed by atoms with Gasteiger partial charge in [-0.1, -0.05) is 43.3 Å². The van der Waals surface area contributed by atoms with E-state index in [9.17, 15) is 9.59 Å². The molecule has 3 atom stereocenters. The quantitative estimate of drug-likeness (QED) is 0.647. The zero-order chi connectivity index (χ0) is 20.6. The van der Waals surface area contributed by atoms with E-state index in [4.69, 9.17) is 4.42 Å². The first-order valence-corrected chi connectivity index (χ1v) is 9.98. The first-order valence-electron chi connectivity index (χ1n) is 9.98. The minimum atomic E-state index is -0.445. The second-order valence-corrected chi connectivity index (χ2v) is 8.45. The van der Waals surface area contributed by atoms with Crippen LogP contribution in [0.4, 0.5) is 0 Å². The lowest BCUT2D eigenvalue weighted by Gasteiger charge is -2.25. The number of aromatic amines is 1. The third-order valence-electron chi connectivity index (χ3n) is 6.19. The van der Waals surface area contributed by atoms with Crippen LogP contribution in [0.2, 0.25) is 0 Å². The minimum absolute atomic E-state index is 0.0261. The summed E-state index contributed by atoms with van der Waals surface area (Å²) in [6.07, 6.45) is 1.64. The molecule has 0 radical (unpaired) electrons. The van der Waals surface area contributed by atoms with Crippen molar-refractivity contribution >= 4 is 17.0 Å². The van der Waals surface area contributed by atoms with Gasteiger partial charge in [0, 0.05) is 23.9 Å². The van der Waals surface area contributed by atoms with Crippen molar-refractivity contribution in [3.05, 3.63) is 70.2 Å². The molecule has 1 saturated carbocycles. The molecule has 0 aliphatic heterocycles. The van der Waals surface area contributed by atoms with Crippen molar-refractivity contribution in [1.82, 2.24) is 15.2 Å². The number of amides is 1. The maximum Gasteiger partial charge on any atom is 0.417 e. The molecule has 0 saturated heterocycles. The van der Waals surface area contributed by atoms with Gasteiger partial charge in [-0.05, 0) is 50.2 Å². The third kappa shape index (κ3) is 3.98. The third-order valence-corrected chi connectivity index (χ3v) is 6.19. The van der Waals surface area contributed by atoms with Crippen molar-refractivity contribution in [1.29, 1.82) is 0 Å². The molecular formula is C23H27N3O3. The van der Waals surface area contributed by atoms with Crippen molar-refractivity contribution in [2.75, 3.05) is 20.6 Å². The molecular weight excluding hydrogens is 366 g/mol. The smallest absolute Gasteiger partial charge is 0.408 e. The Kier molecular flexibility index (Phi) is 5.04. The molecule has 6 heteroatoms. The number of nitrogens with zero attached hydrogens (tertiary/aromatic N) is 1. The van der Waals surface area contributed by atoms with Gasteiger partial charge in [0.1, 0.15) is 0 Å². The number of carbonyl (C=O) groups excluding carboxylic acids is 1. The number of rotatable bonds is 7. The lowest BCUT2D eigenvalue weighted by Crippen LogP contribution is -2.42. The molecule has 2 aromatic carbocycles. The van der Waals surface area contributed by atoms with Crippen LogP contribution in [0.5, 0.6) is 0 Å². The number of hydrogen-bond donors (Lipinski definition) is 2. The Bertz CT molecular complexity index is 1070. The minimum Gasteiger partial charge on any atom is -0.408 e. The number of nitrogens with one attached hydrogen (secondary N) is 2. The fraction of sp³-hybridized carbons (Fsp3) is 0.391. The molecule has 0 spiro atoms. The predicted molar refractivity (Wildman–Crippen MR) is 113 cm³/mol. The molecule has 29 heavy (non-hydrogen) atoms. The van der Waals surface area contributed by atoms with Crippen LogP contribution in [-0.2, 0) is 16.6 Å². The van der Waals surface area contributed by atoms with Gasteiger partial charge in [0.15, 0.2) is 5.58 Å². The molecule has 1 fully saturated rings. The average molecular weight is 393 g/mol. The van der Waals surface area contributed by atoms with E-state index in [2.05, 4.69) is 34.3 Å². The van der Waals surface area contributed by atoms with Crippen LogP contribution in [0.15, 0.2) is 57.7 Å². The van der Waals surface area contributed by atoms with Crippen molar-refractivity contribution in [2.45, 2.75) is 31.2 Å². The van der Waals surface area contributed by atoms with E-state index in [1.165, 1.54) is 5.56 Å². The molecule has 152 valence electrons. The molecule has 1 amide bonds. The second kappa shape index (κ2) is 7.52. The topological polar surface area (TPSA) is 78.3 Å². The lowest BCUT2D eigenvalue weighted by atomic mass is 9.95. The van der Waals surface area contributed by atoms with Crippen LogP contribution >= 0.6 is 0 Å². The van der Waals surface area contributed by atoms with Gasteiger partial charge in [-0.15, -0.1) is 0 Å². The van der Waals surface area contributed by atoms with Gasteiger partial charge in [-0.3, -0.25) is 9.78 Å². The standard InChI is InChI=1S/C23H27N3O3/c1-23(16-7-5-4-6-8-16)13-18(23)21(27)24-14-17(26(2)3)11-15-9-10-19-20(12-15)29-22(28)25-19/h4-10,12,17-18H,11,13-14H2,1-3H3,(H,24,27)(H,25,28)/t17?,18-,23+/m0/s1. The highest BCUT2D eigenvalue weighted by atomic mass is 16.4. The summed E-state index contributed by atoms with van der Waals surface area (Å²) in [5.74, 6) is -0.298. The molecule has 1 heterocycles. The zero-order valence-electron chi connectivity index (χ0n) is 17.1. The molecule has 1 aliphatic rings.